The maximum atomic E-state index is 6.58. The van der Waals surface area contributed by atoms with Crippen molar-refractivity contribution in [1.82, 2.24) is 0 Å². The second-order valence-corrected chi connectivity index (χ2v) is 15.7. The standard InChI is InChI=1S/C53H34O/c1-53(2)46-29-35(34-20-24-48-45(28-34)44-13-7-12-43-40(31-8-4-3-5-9-31)23-25-49(54-48)52(43)44)18-21-41(46)42-22-19-36(30-47(42)53)39-26-37-16-14-32-10-6-11-33-15-17-38(27-39)51(37)50(32)33/h3-30H,1-2H3. The highest BCUT2D eigenvalue weighted by molar-refractivity contribution is 6.23. The Morgan fingerprint density at radius 3 is 1.63 bits per heavy atom. The highest BCUT2D eigenvalue weighted by Crippen LogP contribution is 2.53. The van der Waals surface area contributed by atoms with Crippen LogP contribution in [-0.2, 0) is 5.41 Å². The molecule has 0 amide bonds. The lowest BCUT2D eigenvalue weighted by atomic mass is 9.80. The van der Waals surface area contributed by atoms with Gasteiger partial charge >= 0.3 is 0 Å². The van der Waals surface area contributed by atoms with Gasteiger partial charge in [-0.25, -0.2) is 0 Å². The van der Waals surface area contributed by atoms with E-state index in [1.54, 1.807) is 0 Å². The Labute approximate surface area is 314 Å². The van der Waals surface area contributed by atoms with Gasteiger partial charge in [-0.05, 0) is 141 Å². The van der Waals surface area contributed by atoms with Crippen molar-refractivity contribution >= 4 is 43.1 Å². The Balaban J connectivity index is 0.935. The monoisotopic (exact) mass is 686 g/mol. The molecule has 0 fully saturated rings. The van der Waals surface area contributed by atoms with E-state index in [2.05, 4.69) is 184 Å². The van der Waals surface area contributed by atoms with Crippen LogP contribution in [0.4, 0.5) is 0 Å². The number of fused-ring (bicyclic) bond motifs is 5. The Morgan fingerprint density at radius 2 is 0.907 bits per heavy atom. The third kappa shape index (κ3) is 4.10. The van der Waals surface area contributed by atoms with E-state index in [0.717, 1.165) is 17.1 Å². The van der Waals surface area contributed by atoms with Crippen molar-refractivity contribution in [1.29, 1.82) is 0 Å². The van der Waals surface area contributed by atoms with Crippen molar-refractivity contribution in [2.75, 3.05) is 0 Å². The first-order valence-corrected chi connectivity index (χ1v) is 18.9. The summed E-state index contributed by atoms with van der Waals surface area (Å²) in [5.41, 5.74) is 15.0. The van der Waals surface area contributed by atoms with Gasteiger partial charge in [0.2, 0.25) is 0 Å². The molecule has 0 aromatic heterocycles. The molecule has 10 aromatic carbocycles. The van der Waals surface area contributed by atoms with Gasteiger partial charge in [0, 0.05) is 16.4 Å². The lowest BCUT2D eigenvalue weighted by molar-refractivity contribution is 0.487. The van der Waals surface area contributed by atoms with E-state index in [-0.39, 0.29) is 5.41 Å². The van der Waals surface area contributed by atoms with Crippen molar-refractivity contribution in [3.63, 3.8) is 0 Å². The summed E-state index contributed by atoms with van der Waals surface area (Å²) in [6, 6.07) is 62.9. The summed E-state index contributed by atoms with van der Waals surface area (Å²) >= 11 is 0. The van der Waals surface area contributed by atoms with E-state index >= 15 is 0 Å². The molecule has 1 aliphatic heterocycles. The van der Waals surface area contributed by atoms with Crippen LogP contribution in [0.2, 0.25) is 0 Å². The summed E-state index contributed by atoms with van der Waals surface area (Å²) in [5, 5.41) is 10.3. The van der Waals surface area contributed by atoms with Crippen molar-refractivity contribution < 1.29 is 4.74 Å². The number of benzene rings is 10. The molecule has 1 nitrogen and oxygen atoms in total. The molecule has 0 saturated carbocycles. The molecule has 0 bridgehead atoms. The second kappa shape index (κ2) is 10.7. The van der Waals surface area contributed by atoms with Crippen LogP contribution < -0.4 is 4.74 Å². The fourth-order valence-corrected chi connectivity index (χ4v) is 9.70. The van der Waals surface area contributed by atoms with Gasteiger partial charge in [0.25, 0.3) is 0 Å². The summed E-state index contributed by atoms with van der Waals surface area (Å²) in [6.45, 7) is 4.77. The summed E-state index contributed by atoms with van der Waals surface area (Å²) in [5.74, 6) is 1.82. The van der Waals surface area contributed by atoms with E-state index in [0.29, 0.717) is 0 Å². The molecule has 2 aliphatic rings. The third-order valence-corrected chi connectivity index (χ3v) is 12.4. The van der Waals surface area contributed by atoms with Gasteiger partial charge in [-0.1, -0.05) is 141 Å². The molecule has 0 atom stereocenters. The molecule has 1 aliphatic carbocycles. The van der Waals surface area contributed by atoms with Crippen molar-refractivity contribution in [3.8, 4) is 67.1 Å². The molecule has 252 valence electrons. The molecule has 1 heterocycles. The molecule has 0 saturated heterocycles. The summed E-state index contributed by atoms with van der Waals surface area (Å²) in [6.07, 6.45) is 0. The molecule has 12 rings (SSSR count). The van der Waals surface area contributed by atoms with Crippen LogP contribution in [0.15, 0.2) is 170 Å². The van der Waals surface area contributed by atoms with Gasteiger partial charge in [0.1, 0.15) is 11.5 Å². The quantitative estimate of drug-likeness (QED) is 0.168. The van der Waals surface area contributed by atoms with Gasteiger partial charge in [-0.15, -0.1) is 0 Å². The minimum absolute atomic E-state index is 0.150. The predicted molar refractivity (Wildman–Crippen MR) is 227 cm³/mol. The van der Waals surface area contributed by atoms with Crippen LogP contribution >= 0.6 is 0 Å². The zero-order chi connectivity index (χ0) is 35.7. The van der Waals surface area contributed by atoms with Crippen molar-refractivity contribution in [2.24, 2.45) is 0 Å². The van der Waals surface area contributed by atoms with Crippen LogP contribution in [0.3, 0.4) is 0 Å². The number of hydrogen-bond acceptors (Lipinski definition) is 1. The molecule has 54 heavy (non-hydrogen) atoms. The third-order valence-electron chi connectivity index (χ3n) is 12.4. The largest absolute Gasteiger partial charge is 0.456 e. The van der Waals surface area contributed by atoms with Crippen LogP contribution in [0.5, 0.6) is 11.5 Å². The average molecular weight is 687 g/mol. The smallest absolute Gasteiger partial charge is 0.135 e. The molecule has 10 aromatic rings. The van der Waals surface area contributed by atoms with Gasteiger partial charge in [0.05, 0.1) is 0 Å². The summed E-state index contributed by atoms with van der Waals surface area (Å²) in [7, 11) is 0. The fraction of sp³-hybridized carbons (Fsp3) is 0.0566. The van der Waals surface area contributed by atoms with E-state index < -0.39 is 0 Å². The second-order valence-electron chi connectivity index (χ2n) is 15.7. The number of ether oxygens (including phenoxy) is 1. The van der Waals surface area contributed by atoms with E-state index in [4.69, 9.17) is 4.74 Å². The number of hydrogen-bond donors (Lipinski definition) is 0. The lowest BCUT2D eigenvalue weighted by Gasteiger charge is -2.24. The van der Waals surface area contributed by atoms with Crippen LogP contribution in [0, 0.1) is 0 Å². The molecule has 0 N–H and O–H groups in total. The SMILES string of the molecule is CC1(C)c2cc(-c3ccc4c(c3)-c3cccc5c(-c6ccccc6)ccc(c35)O4)ccc2-c2ccc(-c3cc4ccc5cccc6ccc(c3)c4c56)cc21. The van der Waals surface area contributed by atoms with Crippen LogP contribution in [-0.4, -0.2) is 0 Å². The highest BCUT2D eigenvalue weighted by Gasteiger charge is 2.36. The molecule has 0 radical (unpaired) electrons. The summed E-state index contributed by atoms with van der Waals surface area (Å²) < 4.78 is 6.58. The maximum Gasteiger partial charge on any atom is 0.135 e. The van der Waals surface area contributed by atoms with Gasteiger partial charge in [-0.3, -0.25) is 0 Å². The van der Waals surface area contributed by atoms with Gasteiger partial charge in [-0.2, -0.15) is 0 Å². The lowest BCUT2D eigenvalue weighted by Crippen LogP contribution is -2.15. The summed E-state index contributed by atoms with van der Waals surface area (Å²) in [4.78, 5) is 0. The van der Waals surface area contributed by atoms with Gasteiger partial charge < -0.3 is 4.74 Å². The molecular formula is C53H34O. The normalized spacial score (nSPS) is 13.7. The van der Waals surface area contributed by atoms with Gasteiger partial charge in [0.15, 0.2) is 0 Å². The first kappa shape index (κ1) is 29.8. The molecular weight excluding hydrogens is 653 g/mol. The first-order chi connectivity index (χ1) is 26.5. The van der Waals surface area contributed by atoms with Crippen molar-refractivity contribution in [2.45, 2.75) is 19.3 Å². The fourth-order valence-electron chi connectivity index (χ4n) is 9.70. The molecule has 1 heteroatoms. The predicted octanol–water partition coefficient (Wildman–Crippen LogP) is 14.8. The Bertz CT molecular complexity index is 3140. The molecule has 0 unspecified atom stereocenters. The Kier molecular flexibility index (Phi) is 5.90. The van der Waals surface area contributed by atoms with Crippen LogP contribution in [0.1, 0.15) is 25.0 Å². The average Bonchev–Trinajstić information content (AvgIpc) is 3.45. The minimum Gasteiger partial charge on any atom is -0.456 e. The zero-order valence-corrected chi connectivity index (χ0v) is 30.1. The topological polar surface area (TPSA) is 9.23 Å². The highest BCUT2D eigenvalue weighted by atomic mass is 16.5. The van der Waals surface area contributed by atoms with E-state index in [9.17, 15) is 0 Å². The maximum absolute atomic E-state index is 6.58. The zero-order valence-electron chi connectivity index (χ0n) is 30.1. The van der Waals surface area contributed by atoms with E-state index in [1.807, 2.05) is 0 Å². The Hall–Kier alpha value is -6.70. The number of rotatable bonds is 3. The van der Waals surface area contributed by atoms with Crippen molar-refractivity contribution in [3.05, 3.63) is 181 Å². The Morgan fingerprint density at radius 1 is 0.333 bits per heavy atom. The first-order valence-electron chi connectivity index (χ1n) is 18.9. The van der Waals surface area contributed by atoms with Crippen LogP contribution in [0.25, 0.3) is 98.7 Å². The molecule has 0 spiro atoms. The minimum atomic E-state index is -0.150. The van der Waals surface area contributed by atoms with E-state index in [1.165, 1.54) is 104 Å².